The SMILES string of the molecule is C.CN(C(=O)CCc1cccc(F)c1Cl)[C@@H](CCc1ncc2n1CCN(C(=O)OC(C)(C)C)C2)COC(=O)Nc1cc2ccccc2cn1. The molecule has 0 spiro atoms. The fraction of sp³-hybridized carbons (Fsp3) is 0.417. The van der Waals surface area contributed by atoms with Crippen molar-refractivity contribution in [2.24, 2.45) is 0 Å². The van der Waals surface area contributed by atoms with Crippen LogP contribution in [0.2, 0.25) is 5.02 Å². The van der Waals surface area contributed by atoms with E-state index < -0.39 is 23.6 Å². The molecule has 0 saturated carbocycles. The molecule has 13 heteroatoms. The second-order valence-electron chi connectivity index (χ2n) is 12.8. The highest BCUT2D eigenvalue weighted by Gasteiger charge is 2.28. The third-order valence-electron chi connectivity index (χ3n) is 8.17. The number of rotatable bonds is 10. The number of aromatic nitrogens is 3. The number of nitrogens with zero attached hydrogens (tertiary/aromatic N) is 5. The number of carbonyl (C=O) groups excluding carboxylic acids is 3. The molecule has 5 rings (SSSR count). The van der Waals surface area contributed by atoms with Crippen LogP contribution in [-0.4, -0.2) is 74.3 Å². The summed E-state index contributed by atoms with van der Waals surface area (Å²) in [5.41, 5.74) is 0.832. The van der Waals surface area contributed by atoms with Crippen LogP contribution >= 0.6 is 11.6 Å². The van der Waals surface area contributed by atoms with E-state index in [9.17, 15) is 18.8 Å². The summed E-state index contributed by atoms with van der Waals surface area (Å²) in [5, 5.41) is 4.53. The average Bonchev–Trinajstić information content (AvgIpc) is 3.46. The summed E-state index contributed by atoms with van der Waals surface area (Å²) in [7, 11) is 1.66. The molecule has 49 heavy (non-hydrogen) atoms. The summed E-state index contributed by atoms with van der Waals surface area (Å²) in [6.45, 7) is 6.82. The van der Waals surface area contributed by atoms with Crippen molar-refractivity contribution in [3.05, 3.63) is 88.8 Å². The Hall–Kier alpha value is -4.71. The molecule has 0 bridgehead atoms. The number of halogens is 2. The van der Waals surface area contributed by atoms with Gasteiger partial charge in [0.15, 0.2) is 0 Å². The molecule has 0 unspecified atom stereocenters. The van der Waals surface area contributed by atoms with Crippen molar-refractivity contribution in [2.75, 3.05) is 25.5 Å². The van der Waals surface area contributed by atoms with Crippen LogP contribution < -0.4 is 5.32 Å². The number of hydrogen-bond donors (Lipinski definition) is 1. The van der Waals surface area contributed by atoms with Gasteiger partial charge < -0.3 is 23.8 Å². The molecule has 11 nitrogen and oxygen atoms in total. The van der Waals surface area contributed by atoms with Gasteiger partial charge in [-0.1, -0.05) is 55.4 Å². The van der Waals surface area contributed by atoms with Gasteiger partial charge in [-0.2, -0.15) is 0 Å². The second kappa shape index (κ2) is 16.1. The van der Waals surface area contributed by atoms with Crippen LogP contribution in [0.25, 0.3) is 10.8 Å². The molecule has 1 atom stereocenters. The molecule has 0 fully saturated rings. The lowest BCUT2D eigenvalue weighted by molar-refractivity contribution is -0.132. The quantitative estimate of drug-likeness (QED) is 0.186. The van der Waals surface area contributed by atoms with Gasteiger partial charge in [0.05, 0.1) is 29.5 Å². The average molecular weight is 695 g/mol. The third kappa shape index (κ3) is 9.69. The van der Waals surface area contributed by atoms with Gasteiger partial charge in [-0.05, 0) is 56.7 Å². The first-order valence-electron chi connectivity index (χ1n) is 15.9. The Kier molecular flexibility index (Phi) is 12.2. The summed E-state index contributed by atoms with van der Waals surface area (Å²) in [4.78, 5) is 50.9. The van der Waals surface area contributed by atoms with Crippen molar-refractivity contribution in [1.29, 1.82) is 0 Å². The van der Waals surface area contributed by atoms with Crippen LogP contribution in [0, 0.1) is 5.82 Å². The Balaban J connectivity index is 0.00000541. The maximum absolute atomic E-state index is 14.0. The highest BCUT2D eigenvalue weighted by molar-refractivity contribution is 6.31. The fourth-order valence-corrected chi connectivity index (χ4v) is 5.76. The van der Waals surface area contributed by atoms with Crippen LogP contribution in [0.15, 0.2) is 60.9 Å². The van der Waals surface area contributed by atoms with E-state index in [4.69, 9.17) is 21.1 Å². The number of pyridine rings is 1. The number of benzene rings is 2. The predicted octanol–water partition coefficient (Wildman–Crippen LogP) is 7.25. The predicted molar refractivity (Wildman–Crippen MR) is 187 cm³/mol. The van der Waals surface area contributed by atoms with E-state index in [1.807, 2.05) is 45.0 Å². The Labute approximate surface area is 291 Å². The Morgan fingerprint density at radius 3 is 2.55 bits per heavy atom. The number of ether oxygens (including phenoxy) is 2. The zero-order chi connectivity index (χ0) is 34.4. The van der Waals surface area contributed by atoms with E-state index in [1.165, 1.54) is 6.07 Å². The molecule has 2 aromatic carbocycles. The number of hydrogen-bond acceptors (Lipinski definition) is 7. The van der Waals surface area contributed by atoms with Gasteiger partial charge >= 0.3 is 12.2 Å². The van der Waals surface area contributed by atoms with Crippen molar-refractivity contribution in [2.45, 2.75) is 78.6 Å². The van der Waals surface area contributed by atoms with Crippen LogP contribution in [-0.2, 0) is 40.2 Å². The lowest BCUT2D eigenvalue weighted by Gasteiger charge is -2.31. The molecule has 262 valence electrons. The van der Waals surface area contributed by atoms with Gasteiger partial charge in [-0.15, -0.1) is 0 Å². The molecular formula is C36H44ClFN6O5. The van der Waals surface area contributed by atoms with Gasteiger partial charge in [0.25, 0.3) is 0 Å². The number of carbonyl (C=O) groups is 3. The first-order chi connectivity index (χ1) is 22.9. The van der Waals surface area contributed by atoms with Crippen LogP contribution in [0.5, 0.6) is 0 Å². The van der Waals surface area contributed by atoms with E-state index in [0.717, 1.165) is 22.3 Å². The normalized spacial score (nSPS) is 13.2. The molecule has 0 radical (unpaired) electrons. The van der Waals surface area contributed by atoms with E-state index in [0.29, 0.717) is 43.9 Å². The van der Waals surface area contributed by atoms with Gasteiger partial charge in [0.2, 0.25) is 5.91 Å². The largest absolute Gasteiger partial charge is 0.447 e. The van der Waals surface area contributed by atoms with Crippen molar-refractivity contribution in [3.63, 3.8) is 0 Å². The van der Waals surface area contributed by atoms with Gasteiger partial charge in [0.1, 0.15) is 29.7 Å². The molecule has 3 amide bonds. The summed E-state index contributed by atoms with van der Waals surface area (Å²) < 4.78 is 27.2. The van der Waals surface area contributed by atoms with Crippen molar-refractivity contribution >= 4 is 46.3 Å². The fourth-order valence-electron chi connectivity index (χ4n) is 5.54. The minimum absolute atomic E-state index is 0. The molecule has 1 aliphatic rings. The Bertz CT molecular complexity index is 1790. The van der Waals surface area contributed by atoms with Crippen molar-refractivity contribution < 1.29 is 28.2 Å². The molecule has 0 saturated heterocycles. The Morgan fingerprint density at radius 2 is 1.80 bits per heavy atom. The molecule has 1 aliphatic heterocycles. The molecule has 1 N–H and O–H groups in total. The maximum Gasteiger partial charge on any atom is 0.412 e. The topological polar surface area (TPSA) is 119 Å². The second-order valence-corrected chi connectivity index (χ2v) is 13.1. The number of likely N-dealkylation sites (N-methyl/N-ethyl adjacent to an activating group) is 1. The van der Waals surface area contributed by atoms with E-state index in [2.05, 4.69) is 19.9 Å². The smallest absolute Gasteiger partial charge is 0.412 e. The zero-order valence-electron chi connectivity index (χ0n) is 27.5. The molecule has 0 aliphatic carbocycles. The monoisotopic (exact) mass is 694 g/mol. The van der Waals surface area contributed by atoms with Gasteiger partial charge in [0, 0.05) is 44.6 Å². The molecule has 4 aromatic rings. The van der Waals surface area contributed by atoms with E-state index >= 15 is 0 Å². The van der Waals surface area contributed by atoms with Crippen LogP contribution in [0.4, 0.5) is 19.8 Å². The Morgan fingerprint density at radius 1 is 1.04 bits per heavy atom. The number of amides is 3. The summed E-state index contributed by atoms with van der Waals surface area (Å²) in [6.07, 6.45) is 3.62. The number of nitrogens with one attached hydrogen (secondary N) is 1. The molecule has 3 heterocycles. The van der Waals surface area contributed by atoms with Crippen molar-refractivity contribution in [1.82, 2.24) is 24.3 Å². The number of imidazole rings is 1. The van der Waals surface area contributed by atoms with E-state index in [-0.39, 0.29) is 43.9 Å². The number of fused-ring (bicyclic) bond motifs is 2. The first-order valence-corrected chi connectivity index (χ1v) is 16.2. The number of anilines is 1. The first kappa shape index (κ1) is 37.1. The van der Waals surface area contributed by atoms with Gasteiger partial charge in [-0.25, -0.2) is 23.9 Å². The molecular weight excluding hydrogens is 651 g/mol. The van der Waals surface area contributed by atoms with Gasteiger partial charge in [-0.3, -0.25) is 10.1 Å². The molecule has 2 aromatic heterocycles. The zero-order valence-corrected chi connectivity index (χ0v) is 28.3. The minimum Gasteiger partial charge on any atom is -0.447 e. The van der Waals surface area contributed by atoms with Crippen LogP contribution in [0.3, 0.4) is 0 Å². The minimum atomic E-state index is -0.699. The lowest BCUT2D eigenvalue weighted by atomic mass is 10.1. The lowest BCUT2D eigenvalue weighted by Crippen LogP contribution is -2.42. The van der Waals surface area contributed by atoms with E-state index in [1.54, 1.807) is 47.4 Å². The standard InChI is InChI=1S/C35H40ClFN6O5.CH4/c1-35(2,3)48-34(46)42-16-17-43-27(21-42)20-39-30(43)14-13-26(41(4)31(44)15-12-23-10-7-11-28(37)32(23)36)22-47-33(45)40-29-18-24-8-5-6-9-25(24)19-38-29;/h5-11,18-20,26H,12-17,21-22H2,1-4H3,(H,38,40,45);1H4/t26-;/m0./s1. The summed E-state index contributed by atoms with van der Waals surface area (Å²) in [5.74, 6) is 0.399. The highest BCUT2D eigenvalue weighted by Crippen LogP contribution is 2.23. The summed E-state index contributed by atoms with van der Waals surface area (Å²) >= 11 is 6.11. The highest BCUT2D eigenvalue weighted by atomic mass is 35.5. The summed E-state index contributed by atoms with van der Waals surface area (Å²) in [6, 6.07) is 13.4. The number of aryl methyl sites for hydroxylation is 2. The third-order valence-corrected chi connectivity index (χ3v) is 8.59. The van der Waals surface area contributed by atoms with Crippen molar-refractivity contribution in [3.8, 4) is 0 Å². The maximum atomic E-state index is 14.0. The van der Waals surface area contributed by atoms with Crippen LogP contribution in [0.1, 0.15) is 58.1 Å².